The van der Waals surface area contributed by atoms with Gasteiger partial charge in [-0.1, -0.05) is 11.6 Å². The maximum Gasteiger partial charge on any atom is 0.240 e. The highest BCUT2D eigenvalue weighted by Gasteiger charge is 2.15. The molecule has 0 bridgehead atoms. The van der Waals surface area contributed by atoms with Gasteiger partial charge in [0.1, 0.15) is 5.82 Å². The lowest BCUT2D eigenvalue weighted by molar-refractivity contribution is 0.581. The van der Waals surface area contributed by atoms with Crippen molar-refractivity contribution < 1.29 is 12.8 Å². The molecule has 0 saturated carbocycles. The molecule has 0 aliphatic carbocycles. The summed E-state index contributed by atoms with van der Waals surface area (Å²) in [5.74, 6) is -0.310. The van der Waals surface area contributed by atoms with Crippen LogP contribution >= 0.6 is 11.6 Å². The van der Waals surface area contributed by atoms with Crippen LogP contribution in [-0.4, -0.2) is 19.9 Å². The Kier molecular flexibility index (Phi) is 4.62. The number of aromatic nitrogens is 1. The van der Waals surface area contributed by atoms with Crippen LogP contribution < -0.4 is 4.72 Å². The minimum absolute atomic E-state index is 0.186. The normalized spacial score (nSPS) is 12.0. The number of nitrogens with one attached hydrogen (secondary N) is 2. The molecule has 2 N–H and O–H groups in total. The molecule has 7 heteroatoms. The maximum absolute atomic E-state index is 13.2. The van der Waals surface area contributed by atoms with Crippen molar-refractivity contribution in [1.29, 1.82) is 0 Å². The summed E-state index contributed by atoms with van der Waals surface area (Å²) in [4.78, 5) is 3.18. The van der Waals surface area contributed by atoms with Crippen LogP contribution in [0.5, 0.6) is 0 Å². The fourth-order valence-electron chi connectivity index (χ4n) is 2.55. The number of halogens is 2. The lowest BCUT2D eigenvalue weighted by Crippen LogP contribution is -2.26. The number of rotatable bonds is 5. The summed E-state index contributed by atoms with van der Waals surface area (Å²) in [6.07, 6.45) is 2.27. The number of sulfonamides is 1. The summed E-state index contributed by atoms with van der Waals surface area (Å²) >= 11 is 5.92. The summed E-state index contributed by atoms with van der Waals surface area (Å²) in [7, 11) is -3.59. The maximum atomic E-state index is 13.2. The first-order valence-corrected chi connectivity index (χ1v) is 9.24. The van der Waals surface area contributed by atoms with Crippen molar-refractivity contribution >= 4 is 32.5 Å². The monoisotopic (exact) mass is 366 g/mol. The molecule has 0 fully saturated rings. The van der Waals surface area contributed by atoms with E-state index in [1.807, 2.05) is 0 Å². The van der Waals surface area contributed by atoms with Crippen LogP contribution in [0, 0.1) is 12.7 Å². The minimum atomic E-state index is -3.59. The Morgan fingerprint density at radius 2 is 2.00 bits per heavy atom. The molecule has 0 saturated heterocycles. The third-order valence-corrected chi connectivity index (χ3v) is 5.74. The first-order valence-electron chi connectivity index (χ1n) is 7.38. The van der Waals surface area contributed by atoms with Crippen LogP contribution in [0.4, 0.5) is 4.39 Å². The molecule has 3 aromatic rings. The van der Waals surface area contributed by atoms with E-state index >= 15 is 0 Å². The van der Waals surface area contributed by atoms with Gasteiger partial charge in [0.15, 0.2) is 0 Å². The zero-order chi connectivity index (χ0) is 17.3. The number of hydrogen-bond donors (Lipinski definition) is 2. The fourth-order valence-corrected chi connectivity index (χ4v) is 3.79. The summed E-state index contributed by atoms with van der Waals surface area (Å²) in [6, 6.07) is 9.08. The van der Waals surface area contributed by atoms with Crippen LogP contribution in [0.1, 0.15) is 11.1 Å². The minimum Gasteiger partial charge on any atom is -0.361 e. The highest BCUT2D eigenvalue weighted by Crippen LogP contribution is 2.21. The van der Waals surface area contributed by atoms with E-state index < -0.39 is 10.0 Å². The molecule has 2 aromatic carbocycles. The third-order valence-electron chi connectivity index (χ3n) is 3.86. The van der Waals surface area contributed by atoms with Gasteiger partial charge in [0.25, 0.3) is 0 Å². The SMILES string of the molecule is Cc1cc(S(=O)(=O)NCCc2c[nH]c3cc(F)ccc23)ccc1Cl. The van der Waals surface area contributed by atoms with Gasteiger partial charge in [-0.3, -0.25) is 0 Å². The highest BCUT2D eigenvalue weighted by atomic mass is 35.5. The average molecular weight is 367 g/mol. The van der Waals surface area contributed by atoms with Crippen molar-refractivity contribution in [2.24, 2.45) is 0 Å². The lowest BCUT2D eigenvalue weighted by Gasteiger charge is -2.08. The molecular weight excluding hydrogens is 351 g/mol. The number of hydrogen-bond acceptors (Lipinski definition) is 2. The molecule has 1 aromatic heterocycles. The van der Waals surface area contributed by atoms with Crippen molar-refractivity contribution in [2.75, 3.05) is 6.54 Å². The Bertz CT molecular complexity index is 999. The quantitative estimate of drug-likeness (QED) is 0.721. The van der Waals surface area contributed by atoms with E-state index in [1.165, 1.54) is 18.2 Å². The molecule has 0 aliphatic heterocycles. The fraction of sp³-hybridized carbons (Fsp3) is 0.176. The highest BCUT2D eigenvalue weighted by molar-refractivity contribution is 7.89. The lowest BCUT2D eigenvalue weighted by atomic mass is 10.1. The topological polar surface area (TPSA) is 62.0 Å². The predicted molar refractivity (Wildman–Crippen MR) is 93.3 cm³/mol. The molecule has 24 heavy (non-hydrogen) atoms. The second-order valence-corrected chi connectivity index (χ2v) is 7.74. The van der Waals surface area contributed by atoms with Crippen LogP contribution in [0.3, 0.4) is 0 Å². The largest absolute Gasteiger partial charge is 0.361 e. The molecule has 0 amide bonds. The van der Waals surface area contributed by atoms with Gasteiger partial charge >= 0.3 is 0 Å². The Morgan fingerprint density at radius 1 is 1.21 bits per heavy atom. The molecule has 1 heterocycles. The van der Waals surface area contributed by atoms with Crippen LogP contribution in [0.15, 0.2) is 47.5 Å². The van der Waals surface area contributed by atoms with Crippen molar-refractivity contribution in [3.63, 3.8) is 0 Å². The second-order valence-electron chi connectivity index (χ2n) is 5.56. The molecule has 3 rings (SSSR count). The first-order chi connectivity index (χ1) is 11.4. The van der Waals surface area contributed by atoms with E-state index in [0.29, 0.717) is 22.5 Å². The Balaban J connectivity index is 1.71. The number of H-pyrrole nitrogens is 1. The summed E-state index contributed by atoms with van der Waals surface area (Å²) in [5, 5.41) is 1.41. The zero-order valence-electron chi connectivity index (χ0n) is 12.9. The van der Waals surface area contributed by atoms with Crippen molar-refractivity contribution in [3.8, 4) is 0 Å². The summed E-state index contributed by atoms with van der Waals surface area (Å²) < 4.78 is 40.4. The van der Waals surface area contributed by atoms with Crippen molar-refractivity contribution in [3.05, 3.63) is 64.6 Å². The Hall–Kier alpha value is -1.89. The van der Waals surface area contributed by atoms with E-state index in [4.69, 9.17) is 11.6 Å². The predicted octanol–water partition coefficient (Wildman–Crippen LogP) is 3.79. The molecule has 126 valence electrons. The molecule has 0 spiro atoms. The Morgan fingerprint density at radius 3 is 2.75 bits per heavy atom. The smallest absolute Gasteiger partial charge is 0.240 e. The van der Waals surface area contributed by atoms with E-state index in [-0.39, 0.29) is 17.3 Å². The zero-order valence-corrected chi connectivity index (χ0v) is 14.5. The molecular formula is C17H16ClFN2O2S. The van der Waals surface area contributed by atoms with Gasteiger partial charge in [-0.15, -0.1) is 0 Å². The van der Waals surface area contributed by atoms with Gasteiger partial charge in [0, 0.05) is 28.7 Å². The summed E-state index contributed by atoms with van der Waals surface area (Å²) in [6.45, 7) is 2.00. The van der Waals surface area contributed by atoms with Crippen LogP contribution in [0.25, 0.3) is 10.9 Å². The molecule has 0 unspecified atom stereocenters. The number of aryl methyl sites for hydroxylation is 1. The van der Waals surface area contributed by atoms with Gasteiger partial charge in [-0.05, 0) is 60.9 Å². The van der Waals surface area contributed by atoms with Crippen molar-refractivity contribution in [1.82, 2.24) is 9.71 Å². The van der Waals surface area contributed by atoms with Gasteiger partial charge in [-0.2, -0.15) is 0 Å². The van der Waals surface area contributed by atoms with E-state index in [1.54, 1.807) is 31.3 Å². The number of aromatic amines is 1. The number of fused-ring (bicyclic) bond motifs is 1. The summed E-state index contributed by atoms with van der Waals surface area (Å²) in [5.41, 5.74) is 2.33. The average Bonchev–Trinajstić information content (AvgIpc) is 2.92. The molecule has 0 radical (unpaired) electrons. The van der Waals surface area contributed by atoms with Crippen LogP contribution in [-0.2, 0) is 16.4 Å². The van der Waals surface area contributed by atoms with Gasteiger partial charge in [-0.25, -0.2) is 17.5 Å². The van der Waals surface area contributed by atoms with Gasteiger partial charge in [0.2, 0.25) is 10.0 Å². The third kappa shape index (κ3) is 3.45. The molecule has 0 aliphatic rings. The Labute approximate surface area is 144 Å². The molecule has 4 nitrogen and oxygen atoms in total. The standard InChI is InChI=1S/C17H16ClFN2O2S/c1-11-8-14(3-5-16(11)18)24(22,23)21-7-6-12-10-20-17-9-13(19)2-4-15(12)17/h2-5,8-10,20-21H,6-7H2,1H3. The van der Waals surface area contributed by atoms with Gasteiger partial charge in [0.05, 0.1) is 4.90 Å². The van der Waals surface area contributed by atoms with Gasteiger partial charge < -0.3 is 4.98 Å². The number of benzene rings is 2. The van der Waals surface area contributed by atoms with E-state index in [9.17, 15) is 12.8 Å². The second kappa shape index (κ2) is 6.55. The van der Waals surface area contributed by atoms with Crippen LogP contribution in [0.2, 0.25) is 5.02 Å². The van der Waals surface area contributed by atoms with E-state index in [2.05, 4.69) is 9.71 Å². The molecule has 0 atom stereocenters. The van der Waals surface area contributed by atoms with E-state index in [0.717, 1.165) is 10.9 Å². The van der Waals surface area contributed by atoms with Crippen molar-refractivity contribution in [2.45, 2.75) is 18.2 Å². The first kappa shape index (κ1) is 17.0.